The molecule has 5 nitrogen and oxygen atoms in total. The molecular weight excluding hydrogens is 490 g/mol. The molecule has 0 aliphatic carbocycles. The monoisotopic (exact) mass is 513 g/mol. The first kappa shape index (κ1) is 25.3. The van der Waals surface area contributed by atoms with E-state index in [0.29, 0.717) is 39.2 Å². The highest BCUT2D eigenvalue weighted by molar-refractivity contribution is 8.00. The lowest BCUT2D eigenvalue weighted by Crippen LogP contribution is -2.14. The smallest absolute Gasteiger partial charge is 0.234 e. The van der Waals surface area contributed by atoms with Gasteiger partial charge in [-0.3, -0.25) is 4.79 Å². The van der Waals surface area contributed by atoms with Crippen LogP contribution in [0.15, 0.2) is 83.9 Å². The van der Waals surface area contributed by atoms with E-state index in [9.17, 15) is 10.1 Å². The van der Waals surface area contributed by atoms with Crippen LogP contribution in [0.4, 0.5) is 5.69 Å². The molecule has 0 saturated carbocycles. The van der Waals surface area contributed by atoms with Gasteiger partial charge >= 0.3 is 0 Å². The number of aromatic nitrogens is 1. The van der Waals surface area contributed by atoms with Gasteiger partial charge in [-0.15, -0.1) is 0 Å². The summed E-state index contributed by atoms with van der Waals surface area (Å²) in [5.74, 6) is 0.636. The number of anilines is 1. The Morgan fingerprint density at radius 2 is 1.78 bits per heavy atom. The van der Waals surface area contributed by atoms with Crippen molar-refractivity contribution < 1.29 is 9.53 Å². The molecule has 1 heterocycles. The largest absolute Gasteiger partial charge is 0.494 e. The van der Waals surface area contributed by atoms with Gasteiger partial charge in [0.1, 0.15) is 16.8 Å². The normalized spacial score (nSPS) is 10.5. The van der Waals surface area contributed by atoms with Crippen LogP contribution in [0.25, 0.3) is 22.4 Å². The zero-order valence-corrected chi connectivity index (χ0v) is 21.5. The van der Waals surface area contributed by atoms with Crippen molar-refractivity contribution in [2.45, 2.75) is 18.9 Å². The van der Waals surface area contributed by atoms with Crippen LogP contribution in [0, 0.1) is 18.3 Å². The number of amides is 1. The number of pyridine rings is 1. The van der Waals surface area contributed by atoms with E-state index >= 15 is 0 Å². The van der Waals surface area contributed by atoms with Crippen LogP contribution in [-0.2, 0) is 4.79 Å². The molecule has 3 aromatic carbocycles. The molecule has 4 rings (SSSR count). The maximum absolute atomic E-state index is 12.7. The predicted molar refractivity (Wildman–Crippen MR) is 147 cm³/mol. The molecule has 1 amide bonds. The van der Waals surface area contributed by atoms with Gasteiger partial charge in [-0.2, -0.15) is 5.26 Å². The van der Waals surface area contributed by atoms with Crippen LogP contribution in [0.3, 0.4) is 0 Å². The van der Waals surface area contributed by atoms with E-state index in [1.54, 1.807) is 18.2 Å². The number of carbonyl (C=O) groups is 1. The van der Waals surface area contributed by atoms with Crippen LogP contribution in [0.1, 0.15) is 18.1 Å². The number of hydrogen-bond donors (Lipinski definition) is 1. The topological polar surface area (TPSA) is 75.0 Å². The van der Waals surface area contributed by atoms with Gasteiger partial charge in [0.15, 0.2) is 0 Å². The molecule has 0 atom stereocenters. The molecule has 0 radical (unpaired) electrons. The fourth-order valence-corrected chi connectivity index (χ4v) is 4.67. The van der Waals surface area contributed by atoms with Crippen LogP contribution in [0.5, 0.6) is 5.75 Å². The summed E-state index contributed by atoms with van der Waals surface area (Å²) < 4.78 is 5.44. The van der Waals surface area contributed by atoms with Crippen LogP contribution < -0.4 is 10.1 Å². The minimum Gasteiger partial charge on any atom is -0.494 e. The van der Waals surface area contributed by atoms with Crippen molar-refractivity contribution >= 4 is 35.0 Å². The zero-order chi connectivity index (χ0) is 25.5. The van der Waals surface area contributed by atoms with Crippen LogP contribution >= 0.6 is 23.4 Å². The van der Waals surface area contributed by atoms with Gasteiger partial charge in [0, 0.05) is 27.4 Å². The Morgan fingerprint density at radius 3 is 2.44 bits per heavy atom. The highest BCUT2D eigenvalue weighted by Crippen LogP contribution is 2.37. The average Bonchev–Trinajstić information content (AvgIpc) is 2.89. The summed E-state index contributed by atoms with van der Waals surface area (Å²) in [6.45, 7) is 4.52. The van der Waals surface area contributed by atoms with Gasteiger partial charge < -0.3 is 10.1 Å². The van der Waals surface area contributed by atoms with Crippen molar-refractivity contribution in [3.63, 3.8) is 0 Å². The first-order chi connectivity index (χ1) is 17.5. The fraction of sp³-hybridized carbons (Fsp3) is 0.138. The van der Waals surface area contributed by atoms with E-state index in [-0.39, 0.29) is 11.7 Å². The van der Waals surface area contributed by atoms with Crippen molar-refractivity contribution in [3.05, 3.63) is 95.0 Å². The Balaban J connectivity index is 1.64. The third-order valence-corrected chi connectivity index (χ3v) is 6.70. The van der Waals surface area contributed by atoms with E-state index in [4.69, 9.17) is 21.3 Å². The van der Waals surface area contributed by atoms with Crippen molar-refractivity contribution in [2.75, 3.05) is 17.7 Å². The van der Waals surface area contributed by atoms with E-state index in [1.165, 1.54) is 11.8 Å². The van der Waals surface area contributed by atoms with Gasteiger partial charge in [-0.05, 0) is 50.2 Å². The maximum atomic E-state index is 12.7. The number of thioether (sulfide) groups is 1. The van der Waals surface area contributed by atoms with Gasteiger partial charge in [-0.1, -0.05) is 71.4 Å². The molecule has 36 heavy (non-hydrogen) atoms. The van der Waals surface area contributed by atoms with Crippen LogP contribution in [-0.4, -0.2) is 23.3 Å². The lowest BCUT2D eigenvalue weighted by molar-refractivity contribution is -0.113. The molecule has 0 bridgehead atoms. The van der Waals surface area contributed by atoms with Gasteiger partial charge in [-0.25, -0.2) is 4.98 Å². The number of nitrogens with one attached hydrogen (secondary N) is 1. The zero-order valence-electron chi connectivity index (χ0n) is 19.9. The maximum Gasteiger partial charge on any atom is 0.234 e. The number of ether oxygens (including phenoxy) is 1. The van der Waals surface area contributed by atoms with Gasteiger partial charge in [0.25, 0.3) is 0 Å². The number of aryl methyl sites for hydroxylation is 1. The SMILES string of the molecule is CCOc1ccc(NC(=O)CSc2nc(-c3ccc(C)cc3)cc(-c3ccccc3Cl)c2C#N)cc1. The number of nitrogens with zero attached hydrogens (tertiary/aromatic N) is 2. The Kier molecular flexibility index (Phi) is 8.27. The second-order valence-electron chi connectivity index (χ2n) is 7.99. The molecule has 180 valence electrons. The molecule has 0 spiro atoms. The fourth-order valence-electron chi connectivity index (χ4n) is 3.63. The average molecular weight is 514 g/mol. The highest BCUT2D eigenvalue weighted by Gasteiger charge is 2.18. The molecule has 1 aromatic heterocycles. The number of nitriles is 1. The lowest BCUT2D eigenvalue weighted by atomic mass is 9.99. The third kappa shape index (κ3) is 6.06. The van der Waals surface area contributed by atoms with E-state index in [1.807, 2.05) is 74.5 Å². The Morgan fingerprint density at radius 1 is 1.06 bits per heavy atom. The molecule has 1 N–H and O–H groups in total. The summed E-state index contributed by atoms with van der Waals surface area (Å²) in [6.07, 6.45) is 0. The van der Waals surface area contributed by atoms with Crippen molar-refractivity contribution in [3.8, 4) is 34.2 Å². The molecule has 0 aliphatic heterocycles. The van der Waals surface area contributed by atoms with Crippen molar-refractivity contribution in [1.29, 1.82) is 5.26 Å². The van der Waals surface area contributed by atoms with Crippen molar-refractivity contribution in [2.24, 2.45) is 0 Å². The summed E-state index contributed by atoms with van der Waals surface area (Å²) in [7, 11) is 0. The standard InChI is InChI=1S/C29H24ClN3O2S/c1-3-35-22-14-12-21(13-15-22)32-28(34)18-36-29-25(17-31)24(23-6-4-5-7-26(23)30)16-27(33-29)20-10-8-19(2)9-11-20/h4-16H,3,18H2,1-2H3,(H,32,34). The highest BCUT2D eigenvalue weighted by atomic mass is 35.5. The molecule has 0 unspecified atom stereocenters. The summed E-state index contributed by atoms with van der Waals surface area (Å²) in [6, 6.07) is 26.8. The second-order valence-corrected chi connectivity index (χ2v) is 9.36. The Bertz CT molecular complexity index is 1410. The number of rotatable bonds is 8. The third-order valence-electron chi connectivity index (χ3n) is 5.40. The first-order valence-corrected chi connectivity index (χ1v) is 12.8. The van der Waals surface area contributed by atoms with E-state index in [0.717, 1.165) is 22.4 Å². The van der Waals surface area contributed by atoms with Gasteiger partial charge in [0.05, 0.1) is 23.6 Å². The summed E-state index contributed by atoms with van der Waals surface area (Å²) in [5, 5.41) is 14.0. The lowest BCUT2D eigenvalue weighted by Gasteiger charge is -2.14. The Hall–Kier alpha value is -3.79. The molecule has 0 aliphatic rings. The first-order valence-electron chi connectivity index (χ1n) is 11.4. The number of benzene rings is 3. The Labute approximate surface area is 220 Å². The minimum atomic E-state index is -0.199. The predicted octanol–water partition coefficient (Wildman–Crippen LogP) is 7.38. The number of halogens is 1. The molecule has 0 saturated heterocycles. The summed E-state index contributed by atoms with van der Waals surface area (Å²) in [5.41, 5.74) is 5.24. The summed E-state index contributed by atoms with van der Waals surface area (Å²) >= 11 is 7.72. The van der Waals surface area contributed by atoms with Gasteiger partial charge in [0.2, 0.25) is 5.91 Å². The quantitative estimate of drug-likeness (QED) is 0.249. The molecular formula is C29H24ClN3O2S. The molecule has 4 aromatic rings. The van der Waals surface area contributed by atoms with E-state index < -0.39 is 0 Å². The molecule has 7 heteroatoms. The molecule has 0 fully saturated rings. The second kappa shape index (κ2) is 11.8. The van der Waals surface area contributed by atoms with Crippen molar-refractivity contribution in [1.82, 2.24) is 4.98 Å². The van der Waals surface area contributed by atoms with Crippen LogP contribution in [0.2, 0.25) is 5.02 Å². The summed E-state index contributed by atoms with van der Waals surface area (Å²) in [4.78, 5) is 17.5. The number of hydrogen-bond acceptors (Lipinski definition) is 5. The number of carbonyl (C=O) groups excluding carboxylic acids is 1. The minimum absolute atomic E-state index is 0.0915. The van der Waals surface area contributed by atoms with E-state index in [2.05, 4.69) is 11.4 Å².